The smallest absolute Gasteiger partial charge is 0.340 e. The van der Waals surface area contributed by atoms with Crippen LogP contribution in [0.1, 0.15) is 33.3 Å². The van der Waals surface area contributed by atoms with E-state index in [1.54, 1.807) is 32.9 Å². The Hall–Kier alpha value is -1.55. The Morgan fingerprint density at radius 3 is 1.94 bits per heavy atom. The van der Waals surface area contributed by atoms with Crippen molar-refractivity contribution in [3.8, 4) is 5.75 Å². The largest absolute Gasteiger partial charge is 0.508 e. The predicted octanol–water partition coefficient (Wildman–Crippen LogP) is 2.51. The summed E-state index contributed by atoms with van der Waals surface area (Å²) in [7, 11) is 0. The summed E-state index contributed by atoms with van der Waals surface area (Å²) < 4.78 is 5.63. The molecule has 0 heterocycles. The van der Waals surface area contributed by atoms with Crippen LogP contribution in [0.15, 0.2) is 24.3 Å². The van der Waals surface area contributed by atoms with Crippen molar-refractivity contribution in [2.24, 2.45) is 0 Å². The van der Waals surface area contributed by atoms with E-state index >= 15 is 0 Å². The number of phenols is 1. The first-order valence-electron chi connectivity index (χ1n) is 5.38. The number of hydrogen-bond acceptors (Lipinski definition) is 3. The highest BCUT2D eigenvalue weighted by molar-refractivity contribution is 5.79. The number of aliphatic carboxylic acids is 1. The second-order valence-electron chi connectivity index (χ2n) is 5.10. The quantitative estimate of drug-likeness (QED) is 0.849. The first-order valence-corrected chi connectivity index (χ1v) is 5.38. The summed E-state index contributed by atoms with van der Waals surface area (Å²) >= 11 is 0. The van der Waals surface area contributed by atoms with Gasteiger partial charge in [0.05, 0.1) is 5.60 Å². The van der Waals surface area contributed by atoms with Crippen molar-refractivity contribution in [2.45, 2.75) is 38.9 Å². The summed E-state index contributed by atoms with van der Waals surface area (Å²) in [5, 5.41) is 18.5. The third-order valence-corrected chi connectivity index (χ3v) is 2.34. The molecule has 0 aliphatic heterocycles. The Labute approximate surface area is 101 Å². The van der Waals surface area contributed by atoms with Crippen LogP contribution < -0.4 is 0 Å². The molecule has 0 bridgehead atoms. The van der Waals surface area contributed by atoms with E-state index in [4.69, 9.17) is 4.74 Å². The molecule has 0 radical (unpaired) electrons. The van der Waals surface area contributed by atoms with Crippen LogP contribution in [-0.4, -0.2) is 21.8 Å². The first kappa shape index (κ1) is 13.5. The van der Waals surface area contributed by atoms with Crippen molar-refractivity contribution in [3.05, 3.63) is 29.8 Å². The summed E-state index contributed by atoms with van der Waals surface area (Å²) in [5.74, 6) is -0.963. The molecule has 1 atom stereocenters. The van der Waals surface area contributed by atoms with Crippen molar-refractivity contribution in [2.75, 3.05) is 0 Å². The topological polar surface area (TPSA) is 66.8 Å². The van der Waals surface area contributed by atoms with Crippen LogP contribution in [0.4, 0.5) is 0 Å². The number of hydrogen-bond donors (Lipinski definition) is 2. The van der Waals surface area contributed by atoms with Gasteiger partial charge >= 0.3 is 5.97 Å². The Morgan fingerprint density at radius 1 is 1.12 bits per heavy atom. The van der Waals surface area contributed by atoms with Crippen LogP contribution in [0, 0.1) is 0 Å². The summed E-state index contributed by atoms with van der Waals surface area (Å²) in [6, 6.07) is 6.00. The van der Waals surface area contributed by atoms with E-state index in [0.717, 1.165) is 0 Å². The maximum Gasteiger partial charge on any atom is 0.340 e. The summed E-state index contributed by atoms with van der Waals surface area (Å²) in [5.41, 5.74) is -1.51. The minimum Gasteiger partial charge on any atom is -0.508 e. The van der Waals surface area contributed by atoms with Crippen LogP contribution in [0.2, 0.25) is 0 Å². The van der Waals surface area contributed by atoms with E-state index in [0.29, 0.717) is 5.56 Å². The molecule has 0 fully saturated rings. The van der Waals surface area contributed by atoms with E-state index in [2.05, 4.69) is 0 Å². The number of phenolic OH excluding ortho intramolecular Hbond substituents is 1. The zero-order valence-corrected chi connectivity index (χ0v) is 10.5. The maximum absolute atomic E-state index is 11.4. The molecule has 0 saturated heterocycles. The predicted molar refractivity (Wildman–Crippen MR) is 63.9 cm³/mol. The van der Waals surface area contributed by atoms with Crippen molar-refractivity contribution in [3.63, 3.8) is 0 Å². The highest BCUT2D eigenvalue weighted by Gasteiger charge is 2.40. The molecule has 2 N–H and O–H groups in total. The van der Waals surface area contributed by atoms with E-state index in [9.17, 15) is 15.0 Å². The maximum atomic E-state index is 11.4. The van der Waals surface area contributed by atoms with Gasteiger partial charge in [-0.3, -0.25) is 0 Å². The van der Waals surface area contributed by atoms with Crippen LogP contribution in [0.5, 0.6) is 5.75 Å². The van der Waals surface area contributed by atoms with E-state index in [-0.39, 0.29) is 5.75 Å². The molecule has 0 amide bonds. The zero-order chi connectivity index (χ0) is 13.3. The molecule has 1 rings (SSSR count). The number of ether oxygens (including phenoxy) is 1. The Balaban J connectivity index is 3.16. The molecule has 0 aromatic heterocycles. The third-order valence-electron chi connectivity index (χ3n) is 2.34. The molecule has 17 heavy (non-hydrogen) atoms. The number of aromatic hydroxyl groups is 1. The van der Waals surface area contributed by atoms with Gasteiger partial charge in [0, 0.05) is 0 Å². The molecular weight excluding hydrogens is 220 g/mol. The number of carboxylic acid groups (broad SMARTS) is 1. The third kappa shape index (κ3) is 3.20. The summed E-state index contributed by atoms with van der Waals surface area (Å²) in [4.78, 5) is 11.4. The summed E-state index contributed by atoms with van der Waals surface area (Å²) in [6.45, 7) is 6.91. The van der Waals surface area contributed by atoms with Gasteiger partial charge in [-0.25, -0.2) is 4.79 Å². The average Bonchev–Trinajstić information content (AvgIpc) is 2.15. The van der Waals surface area contributed by atoms with Gasteiger partial charge < -0.3 is 14.9 Å². The van der Waals surface area contributed by atoms with Crippen LogP contribution >= 0.6 is 0 Å². The van der Waals surface area contributed by atoms with Crippen molar-refractivity contribution in [1.29, 1.82) is 0 Å². The Kier molecular flexibility index (Phi) is 3.48. The van der Waals surface area contributed by atoms with Gasteiger partial charge in [-0.05, 0) is 45.4 Å². The lowest BCUT2D eigenvalue weighted by atomic mass is 9.94. The minimum absolute atomic E-state index is 0.0947. The fourth-order valence-electron chi connectivity index (χ4n) is 1.62. The highest BCUT2D eigenvalue weighted by atomic mass is 16.5. The van der Waals surface area contributed by atoms with Gasteiger partial charge in [0.2, 0.25) is 0 Å². The Morgan fingerprint density at radius 2 is 1.59 bits per heavy atom. The second-order valence-corrected chi connectivity index (χ2v) is 5.10. The van der Waals surface area contributed by atoms with Gasteiger partial charge in [-0.1, -0.05) is 12.1 Å². The average molecular weight is 238 g/mol. The van der Waals surface area contributed by atoms with Crippen molar-refractivity contribution < 1.29 is 19.7 Å². The number of rotatable bonds is 3. The van der Waals surface area contributed by atoms with Crippen molar-refractivity contribution >= 4 is 5.97 Å². The molecular formula is C13H18O4. The number of carboxylic acids is 1. The van der Waals surface area contributed by atoms with Crippen LogP contribution in [0.25, 0.3) is 0 Å². The molecule has 1 unspecified atom stereocenters. The van der Waals surface area contributed by atoms with Gasteiger partial charge in [0.25, 0.3) is 0 Å². The van der Waals surface area contributed by atoms with Crippen LogP contribution in [-0.2, 0) is 15.1 Å². The zero-order valence-electron chi connectivity index (χ0n) is 10.5. The standard InChI is InChI=1S/C13H18O4/c1-12(2,3)17-13(4,11(15)16)9-5-7-10(14)8-6-9/h5-8,14H,1-4H3,(H,15,16). The Bertz CT molecular complexity index is 402. The number of carbonyl (C=O) groups is 1. The molecule has 1 aromatic carbocycles. The molecule has 4 heteroatoms. The molecule has 0 saturated carbocycles. The lowest BCUT2D eigenvalue weighted by Crippen LogP contribution is -2.41. The van der Waals surface area contributed by atoms with E-state index in [1.165, 1.54) is 19.1 Å². The molecule has 0 aliphatic rings. The highest BCUT2D eigenvalue weighted by Crippen LogP contribution is 2.31. The normalized spacial score (nSPS) is 15.3. The van der Waals surface area contributed by atoms with Gasteiger partial charge in [0.15, 0.2) is 5.60 Å². The summed E-state index contributed by atoms with van der Waals surface area (Å²) in [6.07, 6.45) is 0. The van der Waals surface area contributed by atoms with Crippen LogP contribution in [0.3, 0.4) is 0 Å². The molecule has 0 aliphatic carbocycles. The minimum atomic E-state index is -1.42. The van der Waals surface area contributed by atoms with Crippen molar-refractivity contribution in [1.82, 2.24) is 0 Å². The molecule has 94 valence electrons. The van der Waals surface area contributed by atoms with E-state index in [1.807, 2.05) is 0 Å². The van der Waals surface area contributed by atoms with Gasteiger partial charge in [0.1, 0.15) is 5.75 Å². The lowest BCUT2D eigenvalue weighted by molar-refractivity contribution is -0.183. The van der Waals surface area contributed by atoms with E-state index < -0.39 is 17.2 Å². The molecule has 0 spiro atoms. The monoisotopic (exact) mass is 238 g/mol. The fraction of sp³-hybridized carbons (Fsp3) is 0.462. The second kappa shape index (κ2) is 4.37. The lowest BCUT2D eigenvalue weighted by Gasteiger charge is -2.33. The fourth-order valence-corrected chi connectivity index (χ4v) is 1.62. The molecule has 4 nitrogen and oxygen atoms in total. The van der Waals surface area contributed by atoms with Gasteiger partial charge in [-0.15, -0.1) is 0 Å². The van der Waals surface area contributed by atoms with Gasteiger partial charge in [-0.2, -0.15) is 0 Å². The number of benzene rings is 1. The SMILES string of the molecule is CC(C)(C)OC(C)(C(=O)O)c1ccc(O)cc1. The first-order chi connectivity index (χ1) is 7.65. The molecule has 1 aromatic rings.